The molecule has 2 saturated heterocycles. The van der Waals surface area contributed by atoms with Crippen molar-refractivity contribution < 1.29 is 22.5 Å². The molecule has 0 aliphatic carbocycles. The van der Waals surface area contributed by atoms with E-state index >= 15 is 0 Å². The van der Waals surface area contributed by atoms with Gasteiger partial charge in [-0.2, -0.15) is 17.0 Å². The third kappa shape index (κ3) is 5.15. The lowest BCUT2D eigenvalue weighted by Crippen LogP contribution is -2.59. The third-order valence-electron chi connectivity index (χ3n) is 5.32. The maximum atomic E-state index is 13.0. The molecule has 0 bridgehead atoms. The van der Waals surface area contributed by atoms with Gasteiger partial charge in [0.2, 0.25) is 5.91 Å². The fourth-order valence-electron chi connectivity index (χ4n) is 3.97. The molecule has 0 unspecified atom stereocenters. The maximum Gasteiger partial charge on any atom is 0.282 e. The van der Waals surface area contributed by atoms with E-state index in [2.05, 4.69) is 10.5 Å². The molecule has 2 fully saturated rings. The van der Waals surface area contributed by atoms with Crippen molar-refractivity contribution in [2.75, 3.05) is 44.6 Å². The lowest BCUT2D eigenvalue weighted by Gasteiger charge is -2.41. The minimum absolute atomic E-state index is 0.122. The normalized spacial score (nSPS) is 26.3. The molecule has 3 rings (SSSR count). The van der Waals surface area contributed by atoms with Gasteiger partial charge in [0.15, 0.2) is 5.82 Å². The van der Waals surface area contributed by atoms with Gasteiger partial charge in [0.1, 0.15) is 5.76 Å². The topological polar surface area (TPSA) is 108 Å². The van der Waals surface area contributed by atoms with E-state index in [1.807, 2.05) is 25.7 Å². The van der Waals surface area contributed by atoms with Gasteiger partial charge in [-0.15, -0.1) is 0 Å². The Balaban J connectivity index is 1.59. The number of amides is 1. The molecule has 0 spiro atoms. The van der Waals surface area contributed by atoms with Crippen LogP contribution in [0.25, 0.3) is 0 Å². The van der Waals surface area contributed by atoms with E-state index in [0.717, 1.165) is 0 Å². The SMILES string of the molecule is CC[C@H](C(=O)Nc1cc(C)on1)N1CCN(S(=O)(=O)N2C[C@@H](C)O[C@@H](C)C2)CC1. The number of aromatic nitrogens is 1. The summed E-state index contributed by atoms with van der Waals surface area (Å²) in [6, 6.07) is 1.32. The lowest BCUT2D eigenvalue weighted by atomic mass is 10.1. The van der Waals surface area contributed by atoms with Crippen LogP contribution in [0, 0.1) is 6.92 Å². The number of morpholine rings is 1. The first-order valence-corrected chi connectivity index (χ1v) is 11.5. The predicted octanol–water partition coefficient (Wildman–Crippen LogP) is 0.672. The maximum absolute atomic E-state index is 13.0. The van der Waals surface area contributed by atoms with Gasteiger partial charge in [-0.3, -0.25) is 9.69 Å². The smallest absolute Gasteiger partial charge is 0.282 e. The summed E-state index contributed by atoms with van der Waals surface area (Å²) >= 11 is 0. The van der Waals surface area contributed by atoms with Gasteiger partial charge in [0.25, 0.3) is 10.2 Å². The molecule has 29 heavy (non-hydrogen) atoms. The largest absolute Gasteiger partial charge is 0.373 e. The van der Waals surface area contributed by atoms with Gasteiger partial charge in [-0.05, 0) is 27.2 Å². The third-order valence-corrected chi connectivity index (χ3v) is 7.29. The summed E-state index contributed by atoms with van der Waals surface area (Å²) in [5.41, 5.74) is 0. The molecular weight excluding hydrogens is 398 g/mol. The van der Waals surface area contributed by atoms with Crippen LogP contribution in [0.2, 0.25) is 0 Å². The van der Waals surface area contributed by atoms with Crippen molar-refractivity contribution in [3.8, 4) is 0 Å². The van der Waals surface area contributed by atoms with Crippen LogP contribution in [0.3, 0.4) is 0 Å². The zero-order chi connectivity index (χ0) is 21.2. The second kappa shape index (κ2) is 9.09. The Bertz CT molecular complexity index is 795. The zero-order valence-corrected chi connectivity index (χ0v) is 18.3. The van der Waals surface area contributed by atoms with E-state index in [0.29, 0.717) is 57.3 Å². The molecule has 10 nitrogen and oxygen atoms in total. The van der Waals surface area contributed by atoms with E-state index in [-0.39, 0.29) is 24.2 Å². The number of piperazine rings is 1. The van der Waals surface area contributed by atoms with Crippen molar-refractivity contribution in [2.45, 2.75) is 52.4 Å². The van der Waals surface area contributed by atoms with Crippen molar-refractivity contribution >= 4 is 21.9 Å². The van der Waals surface area contributed by atoms with E-state index in [9.17, 15) is 13.2 Å². The number of hydrogen-bond acceptors (Lipinski definition) is 7. The summed E-state index contributed by atoms with van der Waals surface area (Å²) in [5.74, 6) is 0.856. The molecule has 0 saturated carbocycles. The molecule has 2 aliphatic heterocycles. The Morgan fingerprint density at radius 2 is 1.83 bits per heavy atom. The number of hydrogen-bond donors (Lipinski definition) is 1. The summed E-state index contributed by atoms with van der Waals surface area (Å²) in [7, 11) is -3.54. The Kier molecular flexibility index (Phi) is 6.94. The molecule has 3 heterocycles. The molecule has 1 aromatic rings. The Morgan fingerprint density at radius 3 is 2.34 bits per heavy atom. The summed E-state index contributed by atoms with van der Waals surface area (Å²) in [6.07, 6.45) is 0.375. The Hall–Kier alpha value is -1.53. The minimum Gasteiger partial charge on any atom is -0.373 e. The van der Waals surface area contributed by atoms with Gasteiger partial charge >= 0.3 is 0 Å². The monoisotopic (exact) mass is 429 g/mol. The van der Waals surface area contributed by atoms with Crippen molar-refractivity contribution in [3.63, 3.8) is 0 Å². The van der Waals surface area contributed by atoms with Crippen LogP contribution in [0.4, 0.5) is 5.82 Å². The molecule has 1 aromatic heterocycles. The first-order valence-electron chi connectivity index (χ1n) is 10.1. The highest BCUT2D eigenvalue weighted by Crippen LogP contribution is 2.20. The number of carbonyl (C=O) groups is 1. The van der Waals surface area contributed by atoms with E-state index in [1.54, 1.807) is 13.0 Å². The number of rotatable bonds is 6. The van der Waals surface area contributed by atoms with Gasteiger partial charge < -0.3 is 14.6 Å². The standard InChI is InChI=1S/C18H31N5O5S/c1-5-16(18(24)19-17-10-13(2)28-20-17)21-6-8-22(9-7-21)29(25,26)23-11-14(3)27-15(4)12-23/h10,14-16H,5-9,11-12H2,1-4H3,(H,19,20,24)/t14-,15+,16-/m1/s1. The van der Waals surface area contributed by atoms with Gasteiger partial charge in [0.05, 0.1) is 18.2 Å². The zero-order valence-electron chi connectivity index (χ0n) is 17.5. The molecule has 3 atom stereocenters. The number of nitrogens with one attached hydrogen (secondary N) is 1. The molecule has 1 amide bonds. The summed E-state index contributed by atoms with van der Waals surface area (Å²) in [5, 5.41) is 6.57. The van der Waals surface area contributed by atoms with Crippen LogP contribution in [0.1, 0.15) is 33.0 Å². The molecular formula is C18H31N5O5S. The molecule has 0 aromatic carbocycles. The first-order chi connectivity index (χ1) is 13.7. The van der Waals surface area contributed by atoms with E-state index < -0.39 is 10.2 Å². The van der Waals surface area contributed by atoms with Crippen LogP contribution in [-0.2, 0) is 19.7 Å². The quantitative estimate of drug-likeness (QED) is 0.708. The summed E-state index contributed by atoms with van der Waals surface area (Å²) in [4.78, 5) is 14.7. The number of nitrogens with zero attached hydrogens (tertiary/aromatic N) is 4. The van der Waals surface area contributed by atoms with Crippen LogP contribution in [0.15, 0.2) is 10.6 Å². The van der Waals surface area contributed by atoms with Crippen molar-refractivity contribution in [1.82, 2.24) is 18.7 Å². The van der Waals surface area contributed by atoms with Crippen LogP contribution >= 0.6 is 0 Å². The lowest BCUT2D eigenvalue weighted by molar-refractivity contribution is -0.122. The molecule has 0 radical (unpaired) electrons. The number of ether oxygens (including phenoxy) is 1. The Morgan fingerprint density at radius 1 is 1.21 bits per heavy atom. The average Bonchev–Trinajstić information content (AvgIpc) is 3.06. The first kappa shape index (κ1) is 22.2. The predicted molar refractivity (Wildman–Crippen MR) is 108 cm³/mol. The van der Waals surface area contributed by atoms with Gasteiger partial charge in [-0.1, -0.05) is 12.1 Å². The molecule has 164 valence electrons. The number of carbonyl (C=O) groups excluding carboxylic acids is 1. The van der Waals surface area contributed by atoms with Crippen LogP contribution in [-0.4, -0.2) is 90.5 Å². The van der Waals surface area contributed by atoms with Crippen molar-refractivity contribution in [3.05, 3.63) is 11.8 Å². The Labute approximate surface area is 172 Å². The van der Waals surface area contributed by atoms with Gasteiger partial charge in [0, 0.05) is 45.3 Å². The second-order valence-corrected chi connectivity index (χ2v) is 9.68. The van der Waals surface area contributed by atoms with E-state index in [1.165, 1.54) is 8.61 Å². The van der Waals surface area contributed by atoms with Crippen LogP contribution < -0.4 is 5.32 Å². The summed E-state index contributed by atoms with van der Waals surface area (Å²) < 4.78 is 39.7. The minimum atomic E-state index is -3.54. The average molecular weight is 430 g/mol. The fourth-order valence-corrected chi connectivity index (χ4v) is 5.72. The molecule has 11 heteroatoms. The fraction of sp³-hybridized carbons (Fsp3) is 0.778. The van der Waals surface area contributed by atoms with E-state index in [4.69, 9.17) is 9.26 Å². The van der Waals surface area contributed by atoms with Crippen LogP contribution in [0.5, 0.6) is 0 Å². The van der Waals surface area contributed by atoms with Crippen molar-refractivity contribution in [1.29, 1.82) is 0 Å². The summed E-state index contributed by atoms with van der Waals surface area (Å²) in [6.45, 7) is 9.91. The molecule has 2 aliphatic rings. The highest BCUT2D eigenvalue weighted by atomic mass is 32.2. The number of aryl methyl sites for hydroxylation is 1. The number of anilines is 1. The van der Waals surface area contributed by atoms with Gasteiger partial charge in [-0.25, -0.2) is 0 Å². The second-order valence-electron chi connectivity index (χ2n) is 7.75. The molecule has 1 N–H and O–H groups in total. The highest BCUT2D eigenvalue weighted by Gasteiger charge is 2.38. The van der Waals surface area contributed by atoms with Crippen molar-refractivity contribution in [2.24, 2.45) is 0 Å². The highest BCUT2D eigenvalue weighted by molar-refractivity contribution is 7.86.